The first-order chi connectivity index (χ1) is 8.20. The van der Waals surface area contributed by atoms with Crippen LogP contribution in [0.2, 0.25) is 0 Å². The maximum Gasteiger partial charge on any atom is 0.119 e. The zero-order chi connectivity index (χ0) is 12.3. The predicted molar refractivity (Wildman–Crippen MR) is 69.0 cm³/mol. The second kappa shape index (κ2) is 5.29. The molecular formula is C13H12BrNO2. The molecule has 4 heteroatoms. The maximum absolute atomic E-state index is 10.2. The van der Waals surface area contributed by atoms with Crippen molar-refractivity contribution in [1.29, 1.82) is 0 Å². The Morgan fingerprint density at radius 1 is 1.24 bits per heavy atom. The summed E-state index contributed by atoms with van der Waals surface area (Å²) in [6.07, 6.45) is 2.63. The van der Waals surface area contributed by atoms with E-state index in [2.05, 4.69) is 20.9 Å². The maximum atomic E-state index is 10.2. The highest BCUT2D eigenvalue weighted by Gasteiger charge is 2.11. The summed E-state index contributed by atoms with van der Waals surface area (Å²) in [5, 5.41) is 10.2. The van der Waals surface area contributed by atoms with Crippen LogP contribution in [0.15, 0.2) is 47.2 Å². The molecule has 0 aliphatic carbocycles. The number of aromatic nitrogens is 1. The van der Waals surface area contributed by atoms with E-state index < -0.39 is 6.10 Å². The Morgan fingerprint density at radius 3 is 2.76 bits per heavy atom. The number of hydrogen-bond donors (Lipinski definition) is 1. The van der Waals surface area contributed by atoms with Crippen LogP contribution in [0.3, 0.4) is 0 Å². The number of hydrogen-bond acceptors (Lipinski definition) is 3. The second-order valence-corrected chi connectivity index (χ2v) is 4.53. The van der Waals surface area contributed by atoms with Gasteiger partial charge in [-0.1, -0.05) is 12.1 Å². The van der Waals surface area contributed by atoms with Gasteiger partial charge in [-0.3, -0.25) is 4.98 Å². The van der Waals surface area contributed by atoms with E-state index in [-0.39, 0.29) is 0 Å². The Bertz CT molecular complexity index is 516. The van der Waals surface area contributed by atoms with E-state index in [4.69, 9.17) is 4.74 Å². The Labute approximate surface area is 108 Å². The molecule has 17 heavy (non-hydrogen) atoms. The van der Waals surface area contributed by atoms with Gasteiger partial charge < -0.3 is 9.84 Å². The Kier molecular flexibility index (Phi) is 3.76. The van der Waals surface area contributed by atoms with Gasteiger partial charge >= 0.3 is 0 Å². The van der Waals surface area contributed by atoms with E-state index in [0.29, 0.717) is 0 Å². The topological polar surface area (TPSA) is 42.4 Å². The molecular weight excluding hydrogens is 282 g/mol. The average Bonchev–Trinajstić information content (AvgIpc) is 2.38. The summed E-state index contributed by atoms with van der Waals surface area (Å²) in [6.45, 7) is 0. The fraction of sp³-hybridized carbons (Fsp3) is 0.154. The minimum absolute atomic E-state index is 0.699. The number of aliphatic hydroxyl groups is 1. The molecule has 2 aromatic rings. The van der Waals surface area contributed by atoms with Crippen LogP contribution in [0.4, 0.5) is 0 Å². The van der Waals surface area contributed by atoms with E-state index in [9.17, 15) is 5.11 Å². The quantitative estimate of drug-likeness (QED) is 0.946. The lowest BCUT2D eigenvalue weighted by atomic mass is 10.0. The highest BCUT2D eigenvalue weighted by molar-refractivity contribution is 9.10. The normalized spacial score (nSPS) is 12.2. The zero-order valence-electron chi connectivity index (χ0n) is 9.30. The minimum Gasteiger partial charge on any atom is -0.497 e. The first-order valence-corrected chi connectivity index (χ1v) is 5.92. The first kappa shape index (κ1) is 12.1. The number of pyridine rings is 1. The second-order valence-electron chi connectivity index (χ2n) is 3.62. The molecule has 88 valence electrons. The molecule has 0 saturated carbocycles. The summed E-state index contributed by atoms with van der Waals surface area (Å²) in [4.78, 5) is 4.04. The van der Waals surface area contributed by atoms with Gasteiger partial charge in [-0.15, -0.1) is 0 Å². The first-order valence-electron chi connectivity index (χ1n) is 5.13. The number of ether oxygens (including phenoxy) is 1. The summed E-state index contributed by atoms with van der Waals surface area (Å²) in [6, 6.07) is 9.20. The third kappa shape index (κ3) is 2.84. The summed E-state index contributed by atoms with van der Waals surface area (Å²) in [7, 11) is 1.60. The van der Waals surface area contributed by atoms with Gasteiger partial charge in [0.25, 0.3) is 0 Å². The highest BCUT2D eigenvalue weighted by Crippen LogP contribution is 2.25. The Morgan fingerprint density at radius 2 is 2.06 bits per heavy atom. The molecule has 0 amide bonds. The van der Waals surface area contributed by atoms with E-state index in [1.165, 1.54) is 0 Å². The van der Waals surface area contributed by atoms with Crippen molar-refractivity contribution < 1.29 is 9.84 Å². The van der Waals surface area contributed by atoms with E-state index in [1.807, 2.05) is 30.3 Å². The fourth-order valence-electron chi connectivity index (χ4n) is 1.58. The molecule has 0 fully saturated rings. The number of benzene rings is 1. The summed E-state index contributed by atoms with van der Waals surface area (Å²) < 4.78 is 5.97. The van der Waals surface area contributed by atoms with Crippen molar-refractivity contribution in [2.24, 2.45) is 0 Å². The third-order valence-electron chi connectivity index (χ3n) is 2.45. The molecule has 0 aliphatic rings. The van der Waals surface area contributed by atoms with Crippen molar-refractivity contribution in [2.75, 3.05) is 7.11 Å². The van der Waals surface area contributed by atoms with Crippen LogP contribution in [0.5, 0.6) is 5.75 Å². The molecule has 0 saturated heterocycles. The smallest absolute Gasteiger partial charge is 0.119 e. The van der Waals surface area contributed by atoms with Crippen molar-refractivity contribution in [3.8, 4) is 5.75 Å². The van der Waals surface area contributed by atoms with E-state index in [1.54, 1.807) is 19.5 Å². The van der Waals surface area contributed by atoms with E-state index >= 15 is 0 Å². The van der Waals surface area contributed by atoms with Crippen LogP contribution in [0.25, 0.3) is 0 Å². The predicted octanol–water partition coefficient (Wildman–Crippen LogP) is 2.93. The average molecular weight is 294 g/mol. The van der Waals surface area contributed by atoms with Gasteiger partial charge in [-0.05, 0) is 39.7 Å². The van der Waals surface area contributed by atoms with Crippen LogP contribution in [-0.4, -0.2) is 17.2 Å². The van der Waals surface area contributed by atoms with Crippen LogP contribution in [0, 0.1) is 0 Å². The molecule has 0 spiro atoms. The number of rotatable bonds is 3. The Hall–Kier alpha value is -1.39. The molecule has 1 unspecified atom stereocenters. The SMILES string of the molecule is COc1cccc(C(O)c2cncc(Br)c2)c1. The van der Waals surface area contributed by atoms with Gasteiger partial charge in [0.15, 0.2) is 0 Å². The van der Waals surface area contributed by atoms with Crippen LogP contribution in [-0.2, 0) is 0 Å². The standard InChI is InChI=1S/C13H12BrNO2/c1-17-12-4-2-3-9(6-12)13(16)10-5-11(14)8-15-7-10/h2-8,13,16H,1H3. The van der Waals surface area contributed by atoms with Gasteiger partial charge in [-0.25, -0.2) is 0 Å². The molecule has 1 atom stereocenters. The van der Waals surface area contributed by atoms with Crippen LogP contribution < -0.4 is 4.74 Å². The van der Waals surface area contributed by atoms with E-state index in [0.717, 1.165) is 21.3 Å². The minimum atomic E-state index is -0.699. The lowest BCUT2D eigenvalue weighted by Gasteiger charge is -2.12. The highest BCUT2D eigenvalue weighted by atomic mass is 79.9. The molecule has 0 radical (unpaired) electrons. The van der Waals surface area contributed by atoms with Gasteiger partial charge in [-0.2, -0.15) is 0 Å². The van der Waals surface area contributed by atoms with Crippen molar-refractivity contribution in [3.63, 3.8) is 0 Å². The van der Waals surface area contributed by atoms with Crippen LogP contribution >= 0.6 is 15.9 Å². The molecule has 3 nitrogen and oxygen atoms in total. The molecule has 1 aromatic heterocycles. The summed E-state index contributed by atoms with van der Waals surface area (Å²) >= 11 is 3.33. The lowest BCUT2D eigenvalue weighted by Crippen LogP contribution is -2.00. The fourth-order valence-corrected chi connectivity index (χ4v) is 1.96. The summed E-state index contributed by atoms with van der Waals surface area (Å²) in [5.41, 5.74) is 1.52. The van der Waals surface area contributed by atoms with Gasteiger partial charge in [0.2, 0.25) is 0 Å². The molecule has 1 aromatic carbocycles. The Balaban J connectivity index is 2.33. The van der Waals surface area contributed by atoms with Gasteiger partial charge in [0, 0.05) is 22.4 Å². The lowest BCUT2D eigenvalue weighted by molar-refractivity contribution is 0.219. The largest absolute Gasteiger partial charge is 0.497 e. The van der Waals surface area contributed by atoms with Crippen molar-refractivity contribution in [3.05, 3.63) is 58.3 Å². The van der Waals surface area contributed by atoms with Gasteiger partial charge in [0.1, 0.15) is 11.9 Å². The third-order valence-corrected chi connectivity index (χ3v) is 2.88. The molecule has 2 rings (SSSR count). The molecule has 1 heterocycles. The van der Waals surface area contributed by atoms with Crippen molar-refractivity contribution in [2.45, 2.75) is 6.10 Å². The molecule has 1 N–H and O–H groups in total. The van der Waals surface area contributed by atoms with Crippen molar-refractivity contribution in [1.82, 2.24) is 4.98 Å². The monoisotopic (exact) mass is 293 g/mol. The molecule has 0 aliphatic heterocycles. The van der Waals surface area contributed by atoms with Crippen molar-refractivity contribution >= 4 is 15.9 Å². The van der Waals surface area contributed by atoms with Gasteiger partial charge in [0.05, 0.1) is 7.11 Å². The van der Waals surface area contributed by atoms with Crippen LogP contribution in [0.1, 0.15) is 17.2 Å². The number of aliphatic hydroxyl groups excluding tert-OH is 1. The summed E-state index contributed by atoms with van der Waals surface area (Å²) in [5.74, 6) is 0.726. The molecule has 0 bridgehead atoms. The zero-order valence-corrected chi connectivity index (χ0v) is 10.9. The number of methoxy groups -OCH3 is 1. The number of halogens is 1. The number of nitrogens with zero attached hydrogens (tertiary/aromatic N) is 1.